The van der Waals surface area contributed by atoms with Crippen LogP contribution in [0.4, 0.5) is 0 Å². The van der Waals surface area contributed by atoms with Crippen molar-refractivity contribution in [1.82, 2.24) is 4.90 Å². The van der Waals surface area contributed by atoms with Gasteiger partial charge in [-0.1, -0.05) is 19.1 Å². The van der Waals surface area contributed by atoms with Crippen molar-refractivity contribution in [3.05, 3.63) is 12.2 Å². The molecule has 5 heteroatoms. The summed E-state index contributed by atoms with van der Waals surface area (Å²) in [6.45, 7) is 2.96. The molecule has 1 aliphatic heterocycles. The van der Waals surface area contributed by atoms with E-state index >= 15 is 0 Å². The average molecular weight is 267 g/mol. The number of likely N-dealkylation sites (tertiary alicyclic amines) is 1. The molecule has 5 nitrogen and oxygen atoms in total. The van der Waals surface area contributed by atoms with E-state index in [4.69, 9.17) is 0 Å². The van der Waals surface area contributed by atoms with Gasteiger partial charge in [0.25, 0.3) is 0 Å². The first kappa shape index (κ1) is 14.1. The number of piperidine rings is 1. The monoisotopic (exact) mass is 267 g/mol. The minimum Gasteiger partial charge on any atom is -0.481 e. The number of aliphatic carboxylic acids is 1. The molecule has 1 heterocycles. The summed E-state index contributed by atoms with van der Waals surface area (Å²) >= 11 is 0. The second-order valence-electron chi connectivity index (χ2n) is 5.61. The molecular weight excluding hydrogens is 246 g/mol. The minimum absolute atomic E-state index is 0.0557. The van der Waals surface area contributed by atoms with Gasteiger partial charge >= 0.3 is 5.97 Å². The number of nitrogens with zero attached hydrogens (tertiary/aromatic N) is 1. The van der Waals surface area contributed by atoms with Crippen LogP contribution in [0.1, 0.15) is 26.2 Å². The number of carbonyl (C=O) groups excluding carboxylic acids is 1. The smallest absolute Gasteiger partial charge is 0.307 e. The summed E-state index contributed by atoms with van der Waals surface area (Å²) < 4.78 is 0. The zero-order chi connectivity index (χ0) is 14.0. The highest BCUT2D eigenvalue weighted by molar-refractivity contribution is 5.85. The first-order valence-electron chi connectivity index (χ1n) is 6.85. The van der Waals surface area contributed by atoms with Gasteiger partial charge in [-0.25, -0.2) is 0 Å². The van der Waals surface area contributed by atoms with Gasteiger partial charge in [-0.2, -0.15) is 0 Å². The van der Waals surface area contributed by atoms with E-state index in [9.17, 15) is 19.8 Å². The van der Waals surface area contributed by atoms with Crippen molar-refractivity contribution in [3.63, 3.8) is 0 Å². The lowest BCUT2D eigenvalue weighted by Crippen LogP contribution is -2.49. The predicted octanol–water partition coefficient (Wildman–Crippen LogP) is 0.883. The van der Waals surface area contributed by atoms with Gasteiger partial charge in [0, 0.05) is 13.1 Å². The lowest BCUT2D eigenvalue weighted by Gasteiger charge is -2.37. The molecule has 1 amide bonds. The van der Waals surface area contributed by atoms with E-state index in [-0.39, 0.29) is 17.9 Å². The van der Waals surface area contributed by atoms with Crippen molar-refractivity contribution >= 4 is 11.9 Å². The Bertz CT molecular complexity index is 393. The van der Waals surface area contributed by atoms with Gasteiger partial charge in [0.1, 0.15) is 0 Å². The molecule has 2 rings (SSSR count). The predicted molar refractivity (Wildman–Crippen MR) is 69.4 cm³/mol. The molecule has 1 aliphatic carbocycles. The molecule has 1 saturated heterocycles. The third kappa shape index (κ3) is 2.97. The molecular formula is C14H21NO4. The van der Waals surface area contributed by atoms with Crippen LogP contribution in [-0.2, 0) is 9.59 Å². The van der Waals surface area contributed by atoms with Crippen molar-refractivity contribution in [3.8, 4) is 0 Å². The van der Waals surface area contributed by atoms with Gasteiger partial charge in [-0.05, 0) is 25.2 Å². The lowest BCUT2D eigenvalue weighted by atomic mass is 9.81. The van der Waals surface area contributed by atoms with Gasteiger partial charge in [-0.3, -0.25) is 9.59 Å². The van der Waals surface area contributed by atoms with Crippen LogP contribution in [0.2, 0.25) is 0 Å². The molecule has 0 aromatic carbocycles. The maximum absolute atomic E-state index is 12.5. The molecule has 0 spiro atoms. The third-order valence-corrected chi connectivity index (χ3v) is 4.24. The molecule has 0 saturated carbocycles. The van der Waals surface area contributed by atoms with Crippen LogP contribution in [0, 0.1) is 17.8 Å². The van der Waals surface area contributed by atoms with E-state index in [0.717, 1.165) is 0 Å². The van der Waals surface area contributed by atoms with Crippen molar-refractivity contribution in [1.29, 1.82) is 0 Å². The van der Waals surface area contributed by atoms with Crippen LogP contribution >= 0.6 is 0 Å². The van der Waals surface area contributed by atoms with Crippen molar-refractivity contribution in [2.24, 2.45) is 17.8 Å². The van der Waals surface area contributed by atoms with E-state index < -0.39 is 17.8 Å². The van der Waals surface area contributed by atoms with Crippen LogP contribution in [0.15, 0.2) is 12.2 Å². The SMILES string of the molecule is CC1CN(C(=O)C2CC=CCC2C(=O)O)CCC1O. The normalized spacial score (nSPS) is 35.2. The number of allylic oxidation sites excluding steroid dienone is 2. The molecule has 4 atom stereocenters. The molecule has 0 aromatic rings. The highest BCUT2D eigenvalue weighted by atomic mass is 16.4. The summed E-state index contributed by atoms with van der Waals surface area (Å²) in [7, 11) is 0. The van der Waals surface area contributed by atoms with E-state index in [1.165, 1.54) is 0 Å². The lowest BCUT2D eigenvalue weighted by molar-refractivity contribution is -0.152. The largest absolute Gasteiger partial charge is 0.481 e. The second kappa shape index (κ2) is 5.74. The van der Waals surface area contributed by atoms with Gasteiger partial charge < -0.3 is 15.1 Å². The molecule has 0 aromatic heterocycles. The van der Waals surface area contributed by atoms with Crippen molar-refractivity contribution in [2.45, 2.75) is 32.3 Å². The molecule has 106 valence electrons. The zero-order valence-corrected chi connectivity index (χ0v) is 11.2. The van der Waals surface area contributed by atoms with E-state index in [2.05, 4.69) is 0 Å². The van der Waals surface area contributed by atoms with Crippen molar-refractivity contribution < 1.29 is 19.8 Å². The third-order valence-electron chi connectivity index (χ3n) is 4.24. The molecule has 0 radical (unpaired) electrons. The van der Waals surface area contributed by atoms with Gasteiger partial charge in [0.15, 0.2) is 0 Å². The Labute approximate surface area is 112 Å². The summed E-state index contributed by atoms with van der Waals surface area (Å²) in [6.07, 6.45) is 4.88. The van der Waals surface area contributed by atoms with Gasteiger partial charge in [0.2, 0.25) is 5.91 Å². The fourth-order valence-corrected chi connectivity index (χ4v) is 2.93. The Morgan fingerprint density at radius 2 is 1.84 bits per heavy atom. The van der Waals surface area contributed by atoms with E-state index in [1.807, 2.05) is 19.1 Å². The van der Waals surface area contributed by atoms with Crippen LogP contribution < -0.4 is 0 Å². The number of aliphatic hydroxyl groups excluding tert-OH is 1. The fraction of sp³-hybridized carbons (Fsp3) is 0.714. The summed E-state index contributed by atoms with van der Waals surface area (Å²) in [4.78, 5) is 25.4. The van der Waals surface area contributed by atoms with Crippen LogP contribution in [0.5, 0.6) is 0 Å². The Balaban J connectivity index is 2.06. The number of amides is 1. The first-order chi connectivity index (χ1) is 9.00. The summed E-state index contributed by atoms with van der Waals surface area (Å²) in [6, 6.07) is 0. The molecule has 2 aliphatic rings. The number of hydrogen-bond acceptors (Lipinski definition) is 3. The maximum Gasteiger partial charge on any atom is 0.307 e. The Morgan fingerprint density at radius 1 is 1.21 bits per heavy atom. The van der Waals surface area contributed by atoms with Crippen molar-refractivity contribution in [2.75, 3.05) is 13.1 Å². The Hall–Kier alpha value is -1.36. The summed E-state index contributed by atoms with van der Waals surface area (Å²) in [5.74, 6) is -1.98. The Morgan fingerprint density at radius 3 is 2.42 bits per heavy atom. The molecule has 2 N–H and O–H groups in total. The first-order valence-corrected chi connectivity index (χ1v) is 6.85. The zero-order valence-electron chi connectivity index (χ0n) is 11.2. The summed E-state index contributed by atoms with van der Waals surface area (Å²) in [5, 5.41) is 18.9. The molecule has 19 heavy (non-hydrogen) atoms. The number of carboxylic acid groups (broad SMARTS) is 1. The van der Waals surface area contributed by atoms with Crippen LogP contribution in [0.25, 0.3) is 0 Å². The van der Waals surface area contributed by atoms with E-state index in [0.29, 0.717) is 32.4 Å². The quantitative estimate of drug-likeness (QED) is 0.728. The number of aliphatic hydroxyl groups is 1. The molecule has 1 fully saturated rings. The number of carbonyl (C=O) groups is 2. The van der Waals surface area contributed by atoms with E-state index in [1.54, 1.807) is 4.90 Å². The number of hydrogen-bond donors (Lipinski definition) is 2. The van der Waals surface area contributed by atoms with Crippen LogP contribution in [0.3, 0.4) is 0 Å². The highest BCUT2D eigenvalue weighted by Crippen LogP contribution is 2.29. The fourth-order valence-electron chi connectivity index (χ4n) is 2.93. The topological polar surface area (TPSA) is 77.8 Å². The summed E-state index contributed by atoms with van der Waals surface area (Å²) in [5.41, 5.74) is 0. The second-order valence-corrected chi connectivity index (χ2v) is 5.61. The van der Waals surface area contributed by atoms with Gasteiger partial charge in [-0.15, -0.1) is 0 Å². The maximum atomic E-state index is 12.5. The molecule has 0 bridgehead atoms. The molecule has 4 unspecified atom stereocenters. The average Bonchev–Trinajstić information content (AvgIpc) is 2.41. The Kier molecular flexibility index (Phi) is 4.24. The number of rotatable bonds is 2. The van der Waals surface area contributed by atoms with Crippen LogP contribution in [-0.4, -0.2) is 46.2 Å². The number of carboxylic acids is 1. The van der Waals surface area contributed by atoms with Gasteiger partial charge in [0.05, 0.1) is 17.9 Å². The standard InChI is InChI=1S/C14H21NO4/c1-9-8-15(7-6-12(9)16)13(17)10-4-2-3-5-11(10)14(18)19/h2-3,9-12,16H,4-8H2,1H3,(H,18,19). The highest BCUT2D eigenvalue weighted by Gasteiger charge is 2.38. The minimum atomic E-state index is -0.896.